The fourth-order valence-corrected chi connectivity index (χ4v) is 3.78. The van der Waals surface area contributed by atoms with Gasteiger partial charge in [-0.1, -0.05) is 32.4 Å². The Morgan fingerprint density at radius 2 is 2.00 bits per heavy atom. The van der Waals surface area contributed by atoms with Crippen molar-refractivity contribution < 1.29 is 0 Å². The molecule has 2 saturated carbocycles. The van der Waals surface area contributed by atoms with E-state index in [0.29, 0.717) is 0 Å². The molecule has 4 atom stereocenters. The van der Waals surface area contributed by atoms with Gasteiger partial charge in [0.15, 0.2) is 0 Å². The third-order valence-corrected chi connectivity index (χ3v) is 4.99. The molecule has 78 valence electrons. The van der Waals surface area contributed by atoms with E-state index in [1.54, 1.807) is 19.3 Å². The van der Waals surface area contributed by atoms with Crippen LogP contribution in [0.5, 0.6) is 0 Å². The van der Waals surface area contributed by atoms with Gasteiger partial charge in [0.1, 0.15) is 0 Å². The molecule has 0 aromatic heterocycles. The molecule has 0 aromatic rings. The first-order valence-electron chi connectivity index (χ1n) is 6.49. The van der Waals surface area contributed by atoms with Gasteiger partial charge in [-0.05, 0) is 54.8 Å². The van der Waals surface area contributed by atoms with E-state index in [4.69, 9.17) is 0 Å². The predicted octanol–water partition coefficient (Wildman–Crippen LogP) is 3.88. The monoisotopic (exact) mass is 190 g/mol. The molecule has 14 heavy (non-hydrogen) atoms. The van der Waals surface area contributed by atoms with E-state index in [1.165, 1.54) is 6.42 Å². The Kier molecular flexibility index (Phi) is 2.00. The molecule has 0 amide bonds. The molecule has 0 aliphatic heterocycles. The smallest absolute Gasteiger partial charge is 0.00245 e. The van der Waals surface area contributed by atoms with Crippen molar-refractivity contribution >= 4 is 0 Å². The summed E-state index contributed by atoms with van der Waals surface area (Å²) in [4.78, 5) is 0. The van der Waals surface area contributed by atoms with Gasteiger partial charge in [-0.15, -0.1) is 0 Å². The minimum absolute atomic E-state index is 0.885. The van der Waals surface area contributed by atoms with Crippen LogP contribution in [0.25, 0.3) is 0 Å². The molecule has 0 N–H and O–H groups in total. The van der Waals surface area contributed by atoms with Gasteiger partial charge in [-0.2, -0.15) is 0 Å². The lowest BCUT2D eigenvalue weighted by molar-refractivity contribution is 0.00198. The molecule has 3 aliphatic rings. The van der Waals surface area contributed by atoms with E-state index in [2.05, 4.69) is 26.0 Å². The lowest BCUT2D eigenvalue weighted by atomic mass is 9.56. The molecule has 0 heteroatoms. The summed E-state index contributed by atoms with van der Waals surface area (Å²) < 4.78 is 0. The zero-order valence-corrected chi connectivity index (χ0v) is 9.45. The van der Waals surface area contributed by atoms with E-state index in [1.807, 2.05) is 0 Å². The van der Waals surface area contributed by atoms with Gasteiger partial charge in [0.05, 0.1) is 0 Å². The Bertz CT molecular complexity index is 239. The first kappa shape index (κ1) is 9.00. The standard InChI is InChI=1S/C14H22/c1-3-10-8-13(12-6-7-12)14(10)9(2)11-4-5-11/h4-5,9-14H,3,6-8H2,1-2H3. The van der Waals surface area contributed by atoms with Gasteiger partial charge in [-0.3, -0.25) is 0 Å². The average Bonchev–Trinajstić information content (AvgIpc) is 2.99. The van der Waals surface area contributed by atoms with Crippen LogP contribution in [0.4, 0.5) is 0 Å². The molecule has 4 unspecified atom stereocenters. The Morgan fingerprint density at radius 1 is 1.29 bits per heavy atom. The summed E-state index contributed by atoms with van der Waals surface area (Å²) in [6.45, 7) is 4.88. The largest absolute Gasteiger partial charge is 0.0807 e. The third-order valence-electron chi connectivity index (χ3n) is 4.99. The average molecular weight is 190 g/mol. The quantitative estimate of drug-likeness (QED) is 0.590. The van der Waals surface area contributed by atoms with Crippen molar-refractivity contribution in [2.75, 3.05) is 0 Å². The molecule has 3 aliphatic carbocycles. The van der Waals surface area contributed by atoms with Crippen molar-refractivity contribution in [2.45, 2.75) is 39.5 Å². The molecule has 0 aromatic carbocycles. The third kappa shape index (κ3) is 1.34. The zero-order valence-electron chi connectivity index (χ0n) is 9.45. The SMILES string of the molecule is CCC1CC(C2CC2)C1C(C)C1C=C1. The Morgan fingerprint density at radius 3 is 2.50 bits per heavy atom. The molecule has 0 saturated heterocycles. The summed E-state index contributed by atoms with van der Waals surface area (Å²) in [5.74, 6) is 6.25. The molecule has 0 radical (unpaired) electrons. The minimum atomic E-state index is 0.885. The van der Waals surface area contributed by atoms with E-state index in [-0.39, 0.29) is 0 Å². The fourth-order valence-electron chi connectivity index (χ4n) is 3.78. The second kappa shape index (κ2) is 3.12. The van der Waals surface area contributed by atoms with Crippen molar-refractivity contribution in [3.05, 3.63) is 12.2 Å². The van der Waals surface area contributed by atoms with E-state index in [0.717, 1.165) is 35.5 Å². The van der Waals surface area contributed by atoms with Crippen molar-refractivity contribution in [1.82, 2.24) is 0 Å². The number of hydrogen-bond donors (Lipinski definition) is 0. The van der Waals surface area contributed by atoms with Crippen LogP contribution in [0.15, 0.2) is 12.2 Å². The fraction of sp³-hybridized carbons (Fsp3) is 0.857. The highest BCUT2D eigenvalue weighted by Crippen LogP contribution is 2.58. The number of allylic oxidation sites excluding steroid dienone is 2. The Balaban J connectivity index is 1.65. The van der Waals surface area contributed by atoms with E-state index in [9.17, 15) is 0 Å². The first-order chi connectivity index (χ1) is 6.81. The van der Waals surface area contributed by atoms with Crippen LogP contribution >= 0.6 is 0 Å². The van der Waals surface area contributed by atoms with Gasteiger partial charge in [-0.25, -0.2) is 0 Å². The van der Waals surface area contributed by atoms with Crippen LogP contribution in [0, 0.1) is 35.5 Å². The second-order valence-corrected chi connectivity index (χ2v) is 5.80. The topological polar surface area (TPSA) is 0 Å². The van der Waals surface area contributed by atoms with Gasteiger partial charge in [0.25, 0.3) is 0 Å². The summed E-state index contributed by atoms with van der Waals surface area (Å²) in [5, 5.41) is 0. The molecule has 0 nitrogen and oxygen atoms in total. The predicted molar refractivity (Wildman–Crippen MR) is 59.9 cm³/mol. The molecule has 0 bridgehead atoms. The maximum Gasteiger partial charge on any atom is -0.00245 e. The van der Waals surface area contributed by atoms with Gasteiger partial charge < -0.3 is 0 Å². The van der Waals surface area contributed by atoms with Crippen molar-refractivity contribution in [1.29, 1.82) is 0 Å². The van der Waals surface area contributed by atoms with Gasteiger partial charge in [0, 0.05) is 0 Å². The summed E-state index contributed by atoms with van der Waals surface area (Å²) in [5.41, 5.74) is 0. The first-order valence-corrected chi connectivity index (χ1v) is 6.49. The van der Waals surface area contributed by atoms with Crippen LogP contribution in [-0.4, -0.2) is 0 Å². The molecular formula is C14H22. The highest BCUT2D eigenvalue weighted by atomic mass is 14.6. The molecule has 0 heterocycles. The normalized spacial score (nSPS) is 43.4. The van der Waals surface area contributed by atoms with Crippen molar-refractivity contribution in [3.8, 4) is 0 Å². The van der Waals surface area contributed by atoms with Gasteiger partial charge in [0.2, 0.25) is 0 Å². The van der Waals surface area contributed by atoms with Crippen molar-refractivity contribution in [3.63, 3.8) is 0 Å². The van der Waals surface area contributed by atoms with Crippen LogP contribution < -0.4 is 0 Å². The highest BCUT2D eigenvalue weighted by molar-refractivity contribution is 5.17. The van der Waals surface area contributed by atoms with Crippen LogP contribution in [0.2, 0.25) is 0 Å². The highest BCUT2D eigenvalue weighted by Gasteiger charge is 2.50. The summed E-state index contributed by atoms with van der Waals surface area (Å²) in [6, 6.07) is 0. The summed E-state index contributed by atoms with van der Waals surface area (Å²) in [6.07, 6.45) is 10.9. The van der Waals surface area contributed by atoms with Gasteiger partial charge >= 0.3 is 0 Å². The lowest BCUT2D eigenvalue weighted by Crippen LogP contribution is -2.42. The van der Waals surface area contributed by atoms with E-state index < -0.39 is 0 Å². The van der Waals surface area contributed by atoms with Crippen molar-refractivity contribution in [2.24, 2.45) is 35.5 Å². The Hall–Kier alpha value is -0.260. The molecular weight excluding hydrogens is 168 g/mol. The van der Waals surface area contributed by atoms with Crippen LogP contribution in [0.3, 0.4) is 0 Å². The molecule has 0 spiro atoms. The molecule has 2 fully saturated rings. The zero-order chi connectivity index (χ0) is 9.71. The van der Waals surface area contributed by atoms with E-state index >= 15 is 0 Å². The van der Waals surface area contributed by atoms with Crippen LogP contribution in [0.1, 0.15) is 39.5 Å². The second-order valence-electron chi connectivity index (χ2n) is 5.80. The number of hydrogen-bond acceptors (Lipinski definition) is 0. The summed E-state index contributed by atoms with van der Waals surface area (Å²) in [7, 11) is 0. The molecule has 3 rings (SSSR count). The summed E-state index contributed by atoms with van der Waals surface area (Å²) >= 11 is 0. The van der Waals surface area contributed by atoms with Crippen LogP contribution in [-0.2, 0) is 0 Å². The minimum Gasteiger partial charge on any atom is -0.0807 e. The maximum absolute atomic E-state index is 2.49. The maximum atomic E-state index is 2.49. The lowest BCUT2D eigenvalue weighted by Gasteiger charge is -2.49. The Labute approximate surface area is 87.8 Å². The number of rotatable bonds is 4.